The Bertz CT molecular complexity index is 1490. The fraction of sp³-hybridized carbons (Fsp3) is 0.222. The number of alkyl halides is 6. The quantitative estimate of drug-likeness (QED) is 0.166. The Morgan fingerprint density at radius 1 is 0.381 bits per heavy atom. The summed E-state index contributed by atoms with van der Waals surface area (Å²) in [6.07, 6.45) is -7.58. The van der Waals surface area contributed by atoms with Gasteiger partial charge in [-0.1, -0.05) is 84.3 Å². The molecule has 0 nitrogen and oxygen atoms in total. The third-order valence-corrected chi connectivity index (χ3v) is 7.71. The molecule has 4 aromatic carbocycles. The summed E-state index contributed by atoms with van der Waals surface area (Å²) >= 11 is 0. The van der Waals surface area contributed by atoms with Crippen molar-refractivity contribution >= 4 is 0 Å². The van der Waals surface area contributed by atoms with Crippen molar-refractivity contribution in [1.82, 2.24) is 0 Å². The predicted octanol–water partition coefficient (Wildman–Crippen LogP) is 9.36. The lowest BCUT2D eigenvalue weighted by Gasteiger charge is -2.19. The van der Waals surface area contributed by atoms with E-state index in [0.29, 0.717) is 11.1 Å². The van der Waals surface area contributed by atoms with Gasteiger partial charge in [0.25, 0.3) is 0 Å². The van der Waals surface area contributed by atoms with Gasteiger partial charge in [-0.3, -0.25) is 0 Å². The number of hydrogen-bond acceptors (Lipinski definition) is 0. The maximum absolute atomic E-state index is 13.0. The second-order valence-corrected chi connectivity index (χ2v) is 10.5. The van der Waals surface area contributed by atoms with Gasteiger partial charge in [-0.2, -0.15) is 26.3 Å². The molecular formula is C36H26F6. The van der Waals surface area contributed by atoms with Gasteiger partial charge in [0.2, 0.25) is 0 Å². The second kappa shape index (κ2) is 11.5. The van der Waals surface area contributed by atoms with Gasteiger partial charge in [0.1, 0.15) is 0 Å². The minimum Gasteiger partial charge on any atom is -0.170 e. The summed E-state index contributed by atoms with van der Waals surface area (Å²) in [7, 11) is 0. The minimum absolute atomic E-state index is 0.186. The van der Waals surface area contributed by atoms with Crippen LogP contribution in [-0.4, -0.2) is 12.4 Å². The van der Waals surface area contributed by atoms with Crippen molar-refractivity contribution in [2.24, 2.45) is 0 Å². The molecule has 2 aliphatic carbocycles. The van der Waals surface area contributed by atoms with Crippen LogP contribution in [0.15, 0.2) is 109 Å². The monoisotopic (exact) mass is 572 g/mol. The topological polar surface area (TPSA) is 0 Å². The molecule has 0 aliphatic heterocycles. The Labute approximate surface area is 241 Å². The van der Waals surface area contributed by atoms with E-state index in [1.54, 1.807) is 48.5 Å². The molecule has 0 saturated heterocycles. The van der Waals surface area contributed by atoms with Crippen molar-refractivity contribution in [2.45, 2.75) is 48.9 Å². The molecule has 0 spiro atoms. The summed E-state index contributed by atoms with van der Waals surface area (Å²) in [5.41, 5.74) is 0.685. The van der Waals surface area contributed by atoms with E-state index in [0.717, 1.165) is 22.3 Å². The summed E-state index contributed by atoms with van der Waals surface area (Å²) in [6, 6.07) is 31.8. The highest BCUT2D eigenvalue weighted by atomic mass is 19.4. The highest BCUT2D eigenvalue weighted by Gasteiger charge is 2.64. The van der Waals surface area contributed by atoms with Gasteiger partial charge in [-0.15, -0.1) is 0 Å². The van der Waals surface area contributed by atoms with Gasteiger partial charge in [0.15, 0.2) is 0 Å². The van der Waals surface area contributed by atoms with Gasteiger partial charge in [0, 0.05) is 22.3 Å². The number of halogens is 6. The zero-order chi connectivity index (χ0) is 29.8. The molecule has 2 aliphatic rings. The first-order valence-corrected chi connectivity index (χ1v) is 13.5. The van der Waals surface area contributed by atoms with E-state index in [9.17, 15) is 26.3 Å². The van der Waals surface area contributed by atoms with Crippen molar-refractivity contribution in [1.29, 1.82) is 0 Å². The van der Waals surface area contributed by atoms with E-state index in [2.05, 4.69) is 23.7 Å². The van der Waals surface area contributed by atoms with Crippen molar-refractivity contribution in [3.05, 3.63) is 143 Å². The van der Waals surface area contributed by atoms with Crippen LogP contribution in [0, 0.1) is 23.7 Å². The van der Waals surface area contributed by atoms with E-state index in [4.69, 9.17) is 0 Å². The van der Waals surface area contributed by atoms with Gasteiger partial charge in [-0.05, 0) is 85.3 Å². The first-order chi connectivity index (χ1) is 20.0. The Balaban J connectivity index is 0.000000168. The minimum atomic E-state index is -4.16. The molecule has 0 unspecified atom stereocenters. The third-order valence-electron chi connectivity index (χ3n) is 7.71. The molecule has 0 radical (unpaired) electrons. The highest BCUT2D eigenvalue weighted by Crippen LogP contribution is 2.59. The molecule has 6 rings (SSSR count). The van der Waals surface area contributed by atoms with Gasteiger partial charge >= 0.3 is 12.4 Å². The third kappa shape index (κ3) is 6.39. The Morgan fingerprint density at radius 3 is 0.881 bits per heavy atom. The zero-order valence-electron chi connectivity index (χ0n) is 22.5. The molecule has 212 valence electrons. The molecule has 0 atom stereocenters. The first kappa shape index (κ1) is 29.1. The molecule has 0 aromatic heterocycles. The van der Waals surface area contributed by atoms with Crippen molar-refractivity contribution in [2.75, 3.05) is 0 Å². The summed E-state index contributed by atoms with van der Waals surface area (Å²) in [4.78, 5) is 0. The molecule has 6 heteroatoms. The maximum Gasteiger partial charge on any atom is 0.398 e. The van der Waals surface area contributed by atoms with Crippen LogP contribution >= 0.6 is 0 Å². The van der Waals surface area contributed by atoms with Gasteiger partial charge in [0.05, 0.1) is 10.8 Å². The first-order valence-electron chi connectivity index (χ1n) is 13.5. The Morgan fingerprint density at radius 2 is 0.643 bits per heavy atom. The Hall–Kier alpha value is -4.42. The van der Waals surface area contributed by atoms with Crippen LogP contribution in [0.4, 0.5) is 26.3 Å². The van der Waals surface area contributed by atoms with E-state index in [1.807, 2.05) is 60.7 Å². The molecule has 42 heavy (non-hydrogen) atoms. The normalized spacial score (nSPS) is 16.0. The van der Waals surface area contributed by atoms with E-state index < -0.39 is 23.2 Å². The van der Waals surface area contributed by atoms with Crippen LogP contribution in [0.2, 0.25) is 0 Å². The average molecular weight is 573 g/mol. The fourth-order valence-corrected chi connectivity index (χ4v) is 4.80. The van der Waals surface area contributed by atoms with Crippen molar-refractivity contribution in [3.63, 3.8) is 0 Å². The average Bonchev–Trinajstić information content (AvgIpc) is 3.91. The molecular weight excluding hydrogens is 546 g/mol. The molecule has 0 bridgehead atoms. The van der Waals surface area contributed by atoms with Crippen LogP contribution in [0.1, 0.15) is 59.1 Å². The number of benzene rings is 4. The molecule has 2 fully saturated rings. The standard InChI is InChI=1S/2C18H13F3/c2*19-18(20,21)17(12-13-17)16-10-8-15(9-11-16)7-6-14-4-2-1-3-5-14/h2*1-5,8-11H,12-13H2. The molecule has 0 heterocycles. The second-order valence-electron chi connectivity index (χ2n) is 10.5. The molecule has 2 saturated carbocycles. The van der Waals surface area contributed by atoms with E-state index >= 15 is 0 Å². The van der Waals surface area contributed by atoms with Crippen LogP contribution in [-0.2, 0) is 10.8 Å². The fourth-order valence-electron chi connectivity index (χ4n) is 4.80. The Kier molecular flexibility index (Phi) is 7.93. The van der Waals surface area contributed by atoms with Gasteiger partial charge in [-0.25, -0.2) is 0 Å². The SMILES string of the molecule is FC(F)(F)C1(c2ccc(C#Cc3ccccc3)cc2)CC1.FC(F)(F)C1(c2ccc(C#Cc3ccccc3)cc2)CC1. The van der Waals surface area contributed by atoms with E-state index in [1.165, 1.54) is 0 Å². The summed E-state index contributed by atoms with van der Waals surface area (Å²) in [5.74, 6) is 11.9. The lowest BCUT2D eigenvalue weighted by atomic mass is 9.94. The molecule has 0 N–H and O–H groups in total. The maximum atomic E-state index is 13.0. The van der Waals surface area contributed by atoms with Crippen LogP contribution in [0.5, 0.6) is 0 Å². The smallest absolute Gasteiger partial charge is 0.170 e. The van der Waals surface area contributed by atoms with Crippen LogP contribution in [0.3, 0.4) is 0 Å². The van der Waals surface area contributed by atoms with E-state index in [-0.39, 0.29) is 25.7 Å². The van der Waals surface area contributed by atoms with Gasteiger partial charge < -0.3 is 0 Å². The summed E-state index contributed by atoms with van der Waals surface area (Å²) < 4.78 is 78.1. The molecule has 4 aromatic rings. The predicted molar refractivity (Wildman–Crippen MR) is 152 cm³/mol. The highest BCUT2D eigenvalue weighted by molar-refractivity contribution is 5.46. The lowest BCUT2D eigenvalue weighted by Crippen LogP contribution is -2.28. The number of rotatable bonds is 2. The van der Waals surface area contributed by atoms with Crippen LogP contribution < -0.4 is 0 Å². The molecule has 0 amide bonds. The zero-order valence-corrected chi connectivity index (χ0v) is 22.5. The van der Waals surface area contributed by atoms with Crippen LogP contribution in [0.25, 0.3) is 0 Å². The van der Waals surface area contributed by atoms with Crippen molar-refractivity contribution in [3.8, 4) is 23.7 Å². The number of hydrogen-bond donors (Lipinski definition) is 0. The largest absolute Gasteiger partial charge is 0.398 e. The summed E-state index contributed by atoms with van der Waals surface area (Å²) in [5, 5.41) is 0. The summed E-state index contributed by atoms with van der Waals surface area (Å²) in [6.45, 7) is 0. The lowest BCUT2D eigenvalue weighted by molar-refractivity contribution is -0.161. The van der Waals surface area contributed by atoms with Crippen molar-refractivity contribution < 1.29 is 26.3 Å².